The zero-order valence-electron chi connectivity index (χ0n) is 11.8. The number of hydrogen-bond acceptors (Lipinski definition) is 3. The molecule has 5 nitrogen and oxygen atoms in total. The van der Waals surface area contributed by atoms with E-state index in [1.807, 2.05) is 12.1 Å². The van der Waals surface area contributed by atoms with Crippen LogP contribution in [-0.2, 0) is 4.79 Å². The fourth-order valence-corrected chi connectivity index (χ4v) is 2.68. The minimum Gasteiger partial charge on any atom is -0.451 e. The number of carbonyl (C=O) groups is 2. The van der Waals surface area contributed by atoms with Gasteiger partial charge in [0.25, 0.3) is 5.91 Å². The van der Waals surface area contributed by atoms with E-state index in [0.29, 0.717) is 30.3 Å². The van der Waals surface area contributed by atoms with Crippen molar-refractivity contribution in [3.8, 4) is 11.3 Å². The standard InChI is InChI=1S/C16H15ClN2O3/c17-12-3-1-10(2-4-12)13-5-6-14(22-13)16(21)19-8-7-11(9-19)15(18)20/h1-6,11H,7-9H2,(H2,18,20)/t11-/m1/s1. The number of halogens is 1. The number of amides is 2. The van der Waals surface area contributed by atoms with Gasteiger partial charge >= 0.3 is 0 Å². The number of nitrogens with two attached hydrogens (primary N) is 1. The second-order valence-corrected chi connectivity index (χ2v) is 5.75. The summed E-state index contributed by atoms with van der Waals surface area (Å²) in [6.07, 6.45) is 0.603. The monoisotopic (exact) mass is 318 g/mol. The number of hydrogen-bond donors (Lipinski definition) is 1. The van der Waals surface area contributed by atoms with Crippen molar-refractivity contribution >= 4 is 23.4 Å². The molecule has 2 amide bonds. The predicted octanol–water partition coefficient (Wildman–Crippen LogP) is 2.55. The smallest absolute Gasteiger partial charge is 0.289 e. The van der Waals surface area contributed by atoms with Crippen molar-refractivity contribution in [2.75, 3.05) is 13.1 Å². The van der Waals surface area contributed by atoms with Crippen LogP contribution in [0, 0.1) is 5.92 Å². The largest absolute Gasteiger partial charge is 0.451 e. The van der Waals surface area contributed by atoms with Gasteiger partial charge in [0.1, 0.15) is 5.76 Å². The summed E-state index contributed by atoms with van der Waals surface area (Å²) in [4.78, 5) is 25.1. The first-order valence-corrected chi connectivity index (χ1v) is 7.37. The highest BCUT2D eigenvalue weighted by atomic mass is 35.5. The Morgan fingerprint density at radius 2 is 1.91 bits per heavy atom. The van der Waals surface area contributed by atoms with E-state index in [2.05, 4.69) is 0 Å². The Morgan fingerprint density at radius 3 is 2.55 bits per heavy atom. The lowest BCUT2D eigenvalue weighted by Gasteiger charge is -2.13. The topological polar surface area (TPSA) is 76.5 Å². The predicted molar refractivity (Wildman–Crippen MR) is 82.4 cm³/mol. The first-order chi connectivity index (χ1) is 10.5. The first-order valence-electron chi connectivity index (χ1n) is 6.99. The van der Waals surface area contributed by atoms with Gasteiger partial charge < -0.3 is 15.1 Å². The molecule has 0 saturated carbocycles. The van der Waals surface area contributed by atoms with Gasteiger partial charge in [0, 0.05) is 23.7 Å². The molecule has 2 N–H and O–H groups in total. The summed E-state index contributed by atoms with van der Waals surface area (Å²) in [7, 11) is 0. The Labute approximate surface area is 132 Å². The van der Waals surface area contributed by atoms with E-state index in [4.69, 9.17) is 21.8 Å². The van der Waals surface area contributed by atoms with Gasteiger partial charge in [0.2, 0.25) is 5.91 Å². The van der Waals surface area contributed by atoms with Crippen LogP contribution in [0.3, 0.4) is 0 Å². The van der Waals surface area contributed by atoms with Crippen LogP contribution in [-0.4, -0.2) is 29.8 Å². The number of benzene rings is 1. The summed E-state index contributed by atoms with van der Waals surface area (Å²) in [5.41, 5.74) is 6.13. The molecule has 1 atom stereocenters. The van der Waals surface area contributed by atoms with Gasteiger partial charge in [0.15, 0.2) is 5.76 Å². The molecule has 3 rings (SSSR count). The quantitative estimate of drug-likeness (QED) is 0.944. The number of furan rings is 1. The van der Waals surface area contributed by atoms with Crippen molar-refractivity contribution < 1.29 is 14.0 Å². The molecular formula is C16H15ClN2O3. The van der Waals surface area contributed by atoms with E-state index < -0.39 is 0 Å². The number of carbonyl (C=O) groups excluding carboxylic acids is 2. The highest BCUT2D eigenvalue weighted by Crippen LogP contribution is 2.25. The van der Waals surface area contributed by atoms with Crippen molar-refractivity contribution in [2.45, 2.75) is 6.42 Å². The van der Waals surface area contributed by atoms with Gasteiger partial charge in [-0.25, -0.2) is 0 Å². The molecular weight excluding hydrogens is 304 g/mol. The lowest BCUT2D eigenvalue weighted by atomic mass is 10.1. The van der Waals surface area contributed by atoms with E-state index in [1.54, 1.807) is 29.2 Å². The average Bonchev–Trinajstić information content (AvgIpc) is 3.17. The van der Waals surface area contributed by atoms with Gasteiger partial charge in [-0.15, -0.1) is 0 Å². The summed E-state index contributed by atoms with van der Waals surface area (Å²) < 4.78 is 5.63. The molecule has 1 saturated heterocycles. The molecule has 1 fully saturated rings. The zero-order chi connectivity index (χ0) is 15.7. The van der Waals surface area contributed by atoms with Crippen molar-refractivity contribution in [1.82, 2.24) is 4.90 Å². The number of rotatable bonds is 3. The molecule has 1 aliphatic rings. The first kappa shape index (κ1) is 14.7. The van der Waals surface area contributed by atoms with Gasteiger partial charge in [-0.1, -0.05) is 11.6 Å². The Balaban J connectivity index is 1.75. The van der Waals surface area contributed by atoms with Crippen LogP contribution in [0.1, 0.15) is 17.0 Å². The molecule has 0 bridgehead atoms. The summed E-state index contributed by atoms with van der Waals surface area (Å²) in [5, 5.41) is 0.640. The minimum atomic E-state index is -0.364. The van der Waals surface area contributed by atoms with E-state index in [1.165, 1.54) is 0 Å². The fourth-order valence-electron chi connectivity index (χ4n) is 2.55. The lowest BCUT2D eigenvalue weighted by Crippen LogP contribution is -2.31. The van der Waals surface area contributed by atoms with Gasteiger partial charge in [-0.2, -0.15) is 0 Å². The Kier molecular flexibility index (Phi) is 3.90. The van der Waals surface area contributed by atoms with Crippen molar-refractivity contribution in [3.63, 3.8) is 0 Å². The molecule has 6 heteroatoms. The van der Waals surface area contributed by atoms with E-state index >= 15 is 0 Å². The second-order valence-electron chi connectivity index (χ2n) is 5.31. The Bertz CT molecular complexity index is 708. The molecule has 0 radical (unpaired) electrons. The van der Waals surface area contributed by atoms with E-state index in [0.717, 1.165) is 5.56 Å². The molecule has 2 aromatic rings. The number of likely N-dealkylation sites (tertiary alicyclic amines) is 1. The van der Waals surface area contributed by atoms with Crippen molar-refractivity contribution in [1.29, 1.82) is 0 Å². The zero-order valence-corrected chi connectivity index (χ0v) is 12.5. The molecule has 0 spiro atoms. The maximum absolute atomic E-state index is 12.4. The van der Waals surface area contributed by atoms with Crippen LogP contribution in [0.5, 0.6) is 0 Å². The molecule has 1 aliphatic heterocycles. The highest BCUT2D eigenvalue weighted by Gasteiger charge is 2.31. The van der Waals surface area contributed by atoms with Crippen LogP contribution >= 0.6 is 11.6 Å². The molecule has 0 aliphatic carbocycles. The number of primary amides is 1. The van der Waals surface area contributed by atoms with Crippen LogP contribution in [0.4, 0.5) is 0 Å². The van der Waals surface area contributed by atoms with Crippen molar-refractivity contribution in [2.24, 2.45) is 11.7 Å². The maximum atomic E-state index is 12.4. The van der Waals surface area contributed by atoms with Crippen LogP contribution in [0.2, 0.25) is 5.02 Å². The molecule has 114 valence electrons. The van der Waals surface area contributed by atoms with Gasteiger partial charge in [-0.3, -0.25) is 9.59 Å². The second kappa shape index (κ2) is 5.85. The van der Waals surface area contributed by atoms with Crippen LogP contribution in [0.15, 0.2) is 40.8 Å². The third-order valence-corrected chi connectivity index (χ3v) is 4.08. The van der Waals surface area contributed by atoms with Gasteiger partial charge in [-0.05, 0) is 42.8 Å². The fraction of sp³-hybridized carbons (Fsp3) is 0.250. The lowest BCUT2D eigenvalue weighted by molar-refractivity contribution is -0.121. The molecule has 1 aromatic heterocycles. The normalized spacial score (nSPS) is 17.7. The molecule has 0 unspecified atom stereocenters. The Morgan fingerprint density at radius 1 is 1.18 bits per heavy atom. The third kappa shape index (κ3) is 2.85. The SMILES string of the molecule is NC(=O)[C@@H]1CCN(C(=O)c2ccc(-c3ccc(Cl)cc3)o2)C1. The summed E-state index contributed by atoms with van der Waals surface area (Å²) in [6.45, 7) is 0.870. The summed E-state index contributed by atoms with van der Waals surface area (Å²) in [6, 6.07) is 10.6. The van der Waals surface area contributed by atoms with E-state index in [-0.39, 0.29) is 23.5 Å². The molecule has 2 heterocycles. The average molecular weight is 319 g/mol. The third-order valence-electron chi connectivity index (χ3n) is 3.82. The molecule has 22 heavy (non-hydrogen) atoms. The maximum Gasteiger partial charge on any atom is 0.289 e. The summed E-state index contributed by atoms with van der Waals surface area (Å²) >= 11 is 5.85. The summed E-state index contributed by atoms with van der Waals surface area (Å²) in [5.74, 6) is 0.0101. The Hall–Kier alpha value is -2.27. The van der Waals surface area contributed by atoms with Crippen molar-refractivity contribution in [3.05, 3.63) is 47.2 Å². The van der Waals surface area contributed by atoms with Crippen LogP contribution in [0.25, 0.3) is 11.3 Å². The van der Waals surface area contributed by atoms with E-state index in [9.17, 15) is 9.59 Å². The van der Waals surface area contributed by atoms with Gasteiger partial charge in [0.05, 0.1) is 5.92 Å². The minimum absolute atomic E-state index is 0.219. The number of nitrogens with zero attached hydrogens (tertiary/aromatic N) is 1. The molecule has 1 aromatic carbocycles. The highest BCUT2D eigenvalue weighted by molar-refractivity contribution is 6.30. The van der Waals surface area contributed by atoms with Crippen LogP contribution < -0.4 is 5.73 Å².